The van der Waals surface area contributed by atoms with Crippen LogP contribution in [-0.2, 0) is 13.0 Å². The number of likely N-dealkylation sites (tertiary alicyclic amines) is 1. The van der Waals surface area contributed by atoms with Gasteiger partial charge in [0, 0.05) is 31.7 Å². The van der Waals surface area contributed by atoms with Crippen LogP contribution in [0.4, 0.5) is 0 Å². The van der Waals surface area contributed by atoms with Gasteiger partial charge in [-0.15, -0.1) is 0 Å². The van der Waals surface area contributed by atoms with E-state index in [1.165, 1.54) is 18.4 Å². The maximum atomic E-state index is 11.5. The second-order valence-electron chi connectivity index (χ2n) is 7.69. The Morgan fingerprint density at radius 2 is 1.93 bits per heavy atom. The molecule has 3 aromatic rings. The van der Waals surface area contributed by atoms with E-state index in [4.69, 9.17) is 0 Å². The van der Waals surface area contributed by atoms with Gasteiger partial charge in [-0.2, -0.15) is 0 Å². The van der Waals surface area contributed by atoms with Gasteiger partial charge in [0.05, 0.1) is 11.3 Å². The lowest BCUT2D eigenvalue weighted by Crippen LogP contribution is -2.35. The van der Waals surface area contributed by atoms with Crippen molar-refractivity contribution in [3.63, 3.8) is 0 Å². The molecular formula is C24H25N3O2. The minimum Gasteiger partial charge on any atom is -0.478 e. The lowest BCUT2D eigenvalue weighted by Gasteiger charge is -2.32. The van der Waals surface area contributed by atoms with Gasteiger partial charge in [-0.05, 0) is 54.5 Å². The molecule has 4 rings (SSSR count). The van der Waals surface area contributed by atoms with Gasteiger partial charge in [-0.1, -0.05) is 42.5 Å². The highest BCUT2D eigenvalue weighted by Crippen LogP contribution is 2.26. The van der Waals surface area contributed by atoms with Crippen LogP contribution in [0.3, 0.4) is 0 Å². The Labute approximate surface area is 171 Å². The molecule has 1 aromatic heterocycles. The number of piperidine rings is 1. The zero-order valence-electron chi connectivity index (χ0n) is 16.4. The molecule has 0 radical (unpaired) electrons. The van der Waals surface area contributed by atoms with E-state index in [9.17, 15) is 9.90 Å². The lowest BCUT2D eigenvalue weighted by molar-refractivity contribution is 0.0697. The van der Waals surface area contributed by atoms with Gasteiger partial charge in [-0.3, -0.25) is 14.9 Å². The second-order valence-corrected chi connectivity index (χ2v) is 7.69. The number of carboxylic acids is 1. The Kier molecular flexibility index (Phi) is 5.96. The monoisotopic (exact) mass is 387 g/mol. The fourth-order valence-electron chi connectivity index (χ4n) is 4.16. The number of hydrogen-bond donors (Lipinski definition) is 1. The highest BCUT2D eigenvalue weighted by Gasteiger charge is 2.21. The molecule has 5 heteroatoms. The highest BCUT2D eigenvalue weighted by molar-refractivity contribution is 5.95. The summed E-state index contributed by atoms with van der Waals surface area (Å²) < 4.78 is 0. The number of aromatic nitrogens is 2. The highest BCUT2D eigenvalue weighted by atomic mass is 16.4. The van der Waals surface area contributed by atoms with E-state index in [2.05, 4.69) is 27.0 Å². The summed E-state index contributed by atoms with van der Waals surface area (Å²) in [5.41, 5.74) is 4.35. The van der Waals surface area contributed by atoms with Crippen LogP contribution >= 0.6 is 0 Å². The number of nitrogens with zero attached hydrogens (tertiary/aromatic N) is 3. The zero-order chi connectivity index (χ0) is 20.1. The Morgan fingerprint density at radius 1 is 1.10 bits per heavy atom. The molecule has 1 N–H and O–H groups in total. The van der Waals surface area contributed by atoms with Crippen LogP contribution < -0.4 is 0 Å². The summed E-state index contributed by atoms with van der Waals surface area (Å²) in [4.78, 5) is 22.6. The smallest absolute Gasteiger partial charge is 0.336 e. The summed E-state index contributed by atoms with van der Waals surface area (Å²) in [7, 11) is 0. The number of aromatic carboxylic acids is 1. The van der Waals surface area contributed by atoms with Gasteiger partial charge in [0.2, 0.25) is 0 Å². The summed E-state index contributed by atoms with van der Waals surface area (Å²) in [6.45, 7) is 3.10. The molecular weight excluding hydrogens is 362 g/mol. The topological polar surface area (TPSA) is 66.3 Å². The van der Waals surface area contributed by atoms with E-state index in [1.54, 1.807) is 24.5 Å². The van der Waals surface area contributed by atoms with E-state index in [0.717, 1.165) is 42.9 Å². The third-order valence-electron chi connectivity index (χ3n) is 5.55. The molecule has 1 fully saturated rings. The van der Waals surface area contributed by atoms with Crippen LogP contribution in [0.25, 0.3) is 11.1 Å². The Balaban J connectivity index is 1.40. The SMILES string of the molecule is O=C(O)c1ccccc1-c1ccc(CN2CCCC(Cc3cnccn3)C2)cc1. The first-order chi connectivity index (χ1) is 14.2. The molecule has 0 spiro atoms. The van der Waals surface area contributed by atoms with Crippen LogP contribution in [0.5, 0.6) is 0 Å². The van der Waals surface area contributed by atoms with Gasteiger partial charge >= 0.3 is 5.97 Å². The molecule has 0 amide bonds. The fourth-order valence-corrected chi connectivity index (χ4v) is 4.16. The normalized spacial score (nSPS) is 17.2. The van der Waals surface area contributed by atoms with Crippen molar-refractivity contribution < 1.29 is 9.90 Å². The molecule has 1 atom stereocenters. The minimum absolute atomic E-state index is 0.336. The Hall–Kier alpha value is -3.05. The summed E-state index contributed by atoms with van der Waals surface area (Å²) in [6.07, 6.45) is 8.77. The standard InChI is InChI=1S/C24H25N3O2/c28-24(29)23-6-2-1-5-22(23)20-9-7-18(8-10-20)16-27-13-3-4-19(17-27)14-21-15-25-11-12-26-21/h1-2,5-12,15,19H,3-4,13-14,16-17H2,(H,28,29). The maximum absolute atomic E-state index is 11.5. The fraction of sp³-hybridized carbons (Fsp3) is 0.292. The molecule has 1 unspecified atom stereocenters. The Bertz CT molecular complexity index is 957. The molecule has 1 aliphatic rings. The van der Waals surface area contributed by atoms with Gasteiger partial charge in [0.15, 0.2) is 0 Å². The second kappa shape index (κ2) is 8.97. The third kappa shape index (κ3) is 4.87. The molecule has 0 saturated carbocycles. The van der Waals surface area contributed by atoms with E-state index in [0.29, 0.717) is 11.5 Å². The average Bonchev–Trinajstić information content (AvgIpc) is 2.75. The van der Waals surface area contributed by atoms with Crippen molar-refractivity contribution in [3.05, 3.63) is 83.9 Å². The summed E-state index contributed by atoms with van der Waals surface area (Å²) >= 11 is 0. The number of carbonyl (C=O) groups is 1. The van der Waals surface area contributed by atoms with Crippen LogP contribution in [0.1, 0.15) is 34.5 Å². The zero-order valence-corrected chi connectivity index (χ0v) is 16.4. The maximum Gasteiger partial charge on any atom is 0.336 e. The van der Waals surface area contributed by atoms with Crippen LogP contribution in [-0.4, -0.2) is 39.0 Å². The summed E-state index contributed by atoms with van der Waals surface area (Å²) in [5, 5.41) is 9.41. The van der Waals surface area contributed by atoms with Crippen LogP contribution in [0, 0.1) is 5.92 Å². The van der Waals surface area contributed by atoms with Gasteiger partial charge < -0.3 is 5.11 Å². The lowest BCUT2D eigenvalue weighted by atomic mass is 9.93. The van der Waals surface area contributed by atoms with Crippen molar-refractivity contribution in [2.45, 2.75) is 25.8 Å². The first-order valence-electron chi connectivity index (χ1n) is 10.1. The van der Waals surface area contributed by atoms with Gasteiger partial charge in [0.1, 0.15) is 0 Å². The first kappa shape index (κ1) is 19.3. The molecule has 2 aromatic carbocycles. The quantitative estimate of drug-likeness (QED) is 0.683. The Morgan fingerprint density at radius 3 is 2.69 bits per heavy atom. The predicted molar refractivity (Wildman–Crippen MR) is 113 cm³/mol. The van der Waals surface area contributed by atoms with Gasteiger partial charge in [-0.25, -0.2) is 4.79 Å². The third-order valence-corrected chi connectivity index (χ3v) is 5.55. The molecule has 0 bridgehead atoms. The number of benzene rings is 2. The van der Waals surface area contributed by atoms with Crippen molar-refractivity contribution in [2.75, 3.05) is 13.1 Å². The van der Waals surface area contributed by atoms with Gasteiger partial charge in [0.25, 0.3) is 0 Å². The largest absolute Gasteiger partial charge is 0.478 e. The van der Waals surface area contributed by atoms with E-state index >= 15 is 0 Å². The van der Waals surface area contributed by atoms with Crippen molar-refractivity contribution in [1.29, 1.82) is 0 Å². The van der Waals surface area contributed by atoms with E-state index in [1.807, 2.05) is 30.5 Å². The molecule has 1 aliphatic heterocycles. The molecule has 1 saturated heterocycles. The summed E-state index contributed by atoms with van der Waals surface area (Å²) in [5.74, 6) is -0.283. The van der Waals surface area contributed by atoms with E-state index in [-0.39, 0.29) is 0 Å². The summed E-state index contributed by atoms with van der Waals surface area (Å²) in [6, 6.07) is 15.4. The van der Waals surface area contributed by atoms with Crippen molar-refractivity contribution >= 4 is 5.97 Å². The molecule has 148 valence electrons. The predicted octanol–water partition coefficient (Wildman–Crippen LogP) is 4.30. The minimum atomic E-state index is -0.896. The number of hydrogen-bond acceptors (Lipinski definition) is 4. The molecule has 29 heavy (non-hydrogen) atoms. The van der Waals surface area contributed by atoms with Crippen molar-refractivity contribution in [2.24, 2.45) is 5.92 Å². The van der Waals surface area contributed by atoms with Crippen molar-refractivity contribution in [1.82, 2.24) is 14.9 Å². The number of carboxylic acid groups (broad SMARTS) is 1. The average molecular weight is 387 g/mol. The van der Waals surface area contributed by atoms with Crippen molar-refractivity contribution in [3.8, 4) is 11.1 Å². The van der Waals surface area contributed by atoms with E-state index < -0.39 is 5.97 Å². The van der Waals surface area contributed by atoms with Crippen LogP contribution in [0.2, 0.25) is 0 Å². The van der Waals surface area contributed by atoms with Crippen LogP contribution in [0.15, 0.2) is 67.1 Å². The first-order valence-corrected chi connectivity index (χ1v) is 10.1. The molecule has 5 nitrogen and oxygen atoms in total. The molecule has 0 aliphatic carbocycles. The molecule has 2 heterocycles. The number of rotatable bonds is 6.